The number of nitrogens with zero attached hydrogens (tertiary/aromatic N) is 3. The quantitative estimate of drug-likeness (QED) is 0.257. The lowest BCUT2D eigenvalue weighted by Crippen LogP contribution is -2.08. The molecule has 160 valence electrons. The number of fused-ring (bicyclic) bond motifs is 1. The van der Waals surface area contributed by atoms with E-state index in [1.165, 1.54) is 5.56 Å². The fourth-order valence-electron chi connectivity index (χ4n) is 3.83. The molecule has 3 aromatic rings. The van der Waals surface area contributed by atoms with Crippen LogP contribution in [0.3, 0.4) is 0 Å². The summed E-state index contributed by atoms with van der Waals surface area (Å²) in [6.07, 6.45) is 6.02. The van der Waals surface area contributed by atoms with E-state index in [2.05, 4.69) is 58.0 Å². The molecule has 0 aliphatic rings. The van der Waals surface area contributed by atoms with Gasteiger partial charge in [0.05, 0.1) is 16.7 Å². The van der Waals surface area contributed by atoms with E-state index in [0.29, 0.717) is 19.1 Å². The second-order valence-electron chi connectivity index (χ2n) is 7.53. The number of aromatic nitrogens is 2. The predicted octanol–water partition coefficient (Wildman–Crippen LogP) is 5.54. The Balaban J connectivity index is 1.89. The first kappa shape index (κ1) is 22.0. The second-order valence-corrected chi connectivity index (χ2v) is 7.53. The summed E-state index contributed by atoms with van der Waals surface area (Å²) in [7, 11) is 0. The number of benzene rings is 2. The molecule has 0 aliphatic heterocycles. The van der Waals surface area contributed by atoms with Gasteiger partial charge in [-0.3, -0.25) is 4.57 Å². The van der Waals surface area contributed by atoms with Crippen LogP contribution in [0.5, 0.6) is 0 Å². The zero-order valence-electron chi connectivity index (χ0n) is 18.1. The lowest BCUT2D eigenvalue weighted by atomic mass is 9.90. The number of rotatable bonds is 11. The van der Waals surface area contributed by atoms with Crippen LogP contribution in [-0.2, 0) is 4.84 Å². The number of hydroxylamine groups is 1. The number of hydrogen-bond acceptors (Lipinski definition) is 5. The molecule has 1 heterocycles. The molecule has 0 saturated heterocycles. The summed E-state index contributed by atoms with van der Waals surface area (Å²) in [5.41, 5.74) is 8.26. The third-order valence-corrected chi connectivity index (χ3v) is 5.38. The summed E-state index contributed by atoms with van der Waals surface area (Å²) in [5, 5.41) is 14.7. The van der Waals surface area contributed by atoms with Crippen molar-refractivity contribution in [2.45, 2.75) is 52.4 Å². The molecular weight excluding hydrogens is 376 g/mol. The molecule has 1 N–H and O–H groups in total. The summed E-state index contributed by atoms with van der Waals surface area (Å²) in [5.74, 6) is 0.460. The van der Waals surface area contributed by atoms with Gasteiger partial charge in [-0.25, -0.2) is 4.98 Å². The standard InChI is InChI=1S/C24H31N4O2/c1-4-8-19(10-7-14-26-29)21-9-6-11-22(15-21)28-17-25-23-16-20(12-13-24(23)28)18(3)27-30-5-2/h6,9,11-13,15-17,19,26H,4-5,7-8,10,14H2,1-3H3/q-1/b27-18+. The van der Waals surface area contributed by atoms with Gasteiger partial charge in [-0.1, -0.05) is 36.7 Å². The molecule has 0 saturated carbocycles. The fraction of sp³-hybridized carbons (Fsp3) is 0.417. The maximum Gasteiger partial charge on any atom is 0.114 e. The third kappa shape index (κ3) is 5.26. The lowest BCUT2D eigenvalue weighted by molar-refractivity contribution is 0.159. The van der Waals surface area contributed by atoms with Crippen LogP contribution in [0.4, 0.5) is 0 Å². The van der Waals surface area contributed by atoms with Gasteiger partial charge in [0, 0.05) is 11.3 Å². The largest absolute Gasteiger partial charge is 0.788 e. The van der Waals surface area contributed by atoms with Crippen LogP contribution in [0.2, 0.25) is 0 Å². The molecular formula is C24H31N4O2-. The first-order chi connectivity index (χ1) is 14.7. The number of hydrogen-bond donors (Lipinski definition) is 1. The molecule has 3 rings (SSSR count). The Kier molecular flexibility index (Phi) is 7.99. The van der Waals surface area contributed by atoms with Gasteiger partial charge in [0.15, 0.2) is 0 Å². The Hall–Kier alpha value is -2.70. The van der Waals surface area contributed by atoms with Gasteiger partial charge >= 0.3 is 0 Å². The van der Waals surface area contributed by atoms with E-state index in [1.54, 1.807) is 0 Å². The molecule has 30 heavy (non-hydrogen) atoms. The van der Waals surface area contributed by atoms with Gasteiger partial charge < -0.3 is 15.5 Å². The van der Waals surface area contributed by atoms with Crippen molar-refractivity contribution in [3.63, 3.8) is 0 Å². The van der Waals surface area contributed by atoms with Crippen LogP contribution in [0, 0.1) is 5.21 Å². The van der Waals surface area contributed by atoms with E-state index in [4.69, 9.17) is 4.84 Å². The normalized spacial score (nSPS) is 13.0. The van der Waals surface area contributed by atoms with Crippen LogP contribution in [0.25, 0.3) is 16.7 Å². The molecule has 0 bridgehead atoms. The summed E-state index contributed by atoms with van der Waals surface area (Å²) in [6.45, 7) is 7.13. The van der Waals surface area contributed by atoms with Crippen LogP contribution >= 0.6 is 0 Å². The first-order valence-corrected chi connectivity index (χ1v) is 10.8. The topological polar surface area (TPSA) is 74.5 Å². The highest BCUT2D eigenvalue weighted by atomic mass is 16.6. The fourth-order valence-corrected chi connectivity index (χ4v) is 3.83. The minimum Gasteiger partial charge on any atom is -0.788 e. The van der Waals surface area contributed by atoms with E-state index in [9.17, 15) is 5.21 Å². The van der Waals surface area contributed by atoms with E-state index in [1.807, 2.05) is 31.7 Å². The molecule has 6 heteroatoms. The predicted molar refractivity (Wildman–Crippen MR) is 123 cm³/mol. The Morgan fingerprint density at radius 3 is 2.83 bits per heavy atom. The van der Waals surface area contributed by atoms with Gasteiger partial charge in [-0.2, -0.15) is 0 Å². The van der Waals surface area contributed by atoms with Gasteiger partial charge in [0.1, 0.15) is 12.9 Å². The highest BCUT2D eigenvalue weighted by molar-refractivity contribution is 6.00. The maximum absolute atomic E-state index is 10.6. The molecule has 1 unspecified atom stereocenters. The molecule has 0 fully saturated rings. The van der Waals surface area contributed by atoms with E-state index < -0.39 is 0 Å². The van der Waals surface area contributed by atoms with Crippen molar-refractivity contribution in [2.75, 3.05) is 13.2 Å². The molecule has 0 spiro atoms. The molecule has 1 aromatic heterocycles. The summed E-state index contributed by atoms with van der Waals surface area (Å²) < 4.78 is 2.12. The first-order valence-electron chi connectivity index (χ1n) is 10.8. The van der Waals surface area contributed by atoms with E-state index >= 15 is 0 Å². The van der Waals surface area contributed by atoms with Crippen LogP contribution in [0.15, 0.2) is 53.9 Å². The molecule has 0 amide bonds. The SMILES string of the molecule is CCCC(CCCN[O-])c1cccc(-n2cnc3cc(/C(C)=N/OCC)ccc32)c1. The lowest BCUT2D eigenvalue weighted by Gasteiger charge is -2.19. The summed E-state index contributed by atoms with van der Waals surface area (Å²) >= 11 is 0. The molecule has 0 aliphatic carbocycles. The number of nitrogens with one attached hydrogen (secondary N) is 1. The zero-order valence-corrected chi connectivity index (χ0v) is 18.1. The van der Waals surface area contributed by atoms with E-state index in [-0.39, 0.29) is 0 Å². The third-order valence-electron chi connectivity index (χ3n) is 5.38. The van der Waals surface area contributed by atoms with Crippen molar-refractivity contribution in [1.82, 2.24) is 15.0 Å². The minimum absolute atomic E-state index is 0.460. The van der Waals surface area contributed by atoms with Crippen LogP contribution in [-0.4, -0.2) is 28.4 Å². The van der Waals surface area contributed by atoms with Crippen molar-refractivity contribution in [1.29, 1.82) is 0 Å². The van der Waals surface area contributed by atoms with Crippen molar-refractivity contribution in [3.05, 3.63) is 65.1 Å². The Morgan fingerprint density at radius 1 is 1.20 bits per heavy atom. The van der Waals surface area contributed by atoms with Crippen molar-refractivity contribution in [3.8, 4) is 5.69 Å². The highest BCUT2D eigenvalue weighted by Gasteiger charge is 2.13. The van der Waals surface area contributed by atoms with Gasteiger partial charge in [-0.15, -0.1) is 0 Å². The molecule has 0 radical (unpaired) electrons. The molecule has 1 atom stereocenters. The average Bonchev–Trinajstić information content (AvgIpc) is 3.20. The summed E-state index contributed by atoms with van der Waals surface area (Å²) in [4.78, 5) is 9.78. The maximum atomic E-state index is 10.6. The van der Waals surface area contributed by atoms with Gasteiger partial charge in [0.25, 0.3) is 0 Å². The zero-order chi connectivity index (χ0) is 21.3. The van der Waals surface area contributed by atoms with Crippen molar-refractivity contribution < 1.29 is 4.84 Å². The van der Waals surface area contributed by atoms with Crippen molar-refractivity contribution >= 4 is 16.7 Å². The molecule has 2 aromatic carbocycles. The van der Waals surface area contributed by atoms with Crippen LogP contribution < -0.4 is 5.48 Å². The van der Waals surface area contributed by atoms with Crippen LogP contribution in [0.1, 0.15) is 63.5 Å². The summed E-state index contributed by atoms with van der Waals surface area (Å²) in [6, 6.07) is 14.8. The molecule has 6 nitrogen and oxygen atoms in total. The van der Waals surface area contributed by atoms with Gasteiger partial charge in [0.2, 0.25) is 0 Å². The van der Waals surface area contributed by atoms with Crippen molar-refractivity contribution in [2.24, 2.45) is 5.16 Å². The highest BCUT2D eigenvalue weighted by Crippen LogP contribution is 2.29. The average molecular weight is 408 g/mol. The Morgan fingerprint density at radius 2 is 2.07 bits per heavy atom. The minimum atomic E-state index is 0.460. The Bertz CT molecular complexity index is 980. The van der Waals surface area contributed by atoms with Gasteiger partial charge in [-0.05, 0) is 75.4 Å². The van der Waals surface area contributed by atoms with E-state index in [0.717, 1.165) is 53.7 Å². The monoisotopic (exact) mass is 407 g/mol. The second kappa shape index (κ2) is 10.9. The number of imidazole rings is 1. The Labute approximate surface area is 178 Å². The number of oxime groups is 1. The smallest absolute Gasteiger partial charge is 0.114 e.